The summed E-state index contributed by atoms with van der Waals surface area (Å²) in [4.78, 5) is 29.4. The summed E-state index contributed by atoms with van der Waals surface area (Å²) in [7, 11) is 2.99. The van der Waals surface area contributed by atoms with Crippen LogP contribution < -0.4 is 14.8 Å². The molecule has 1 atom stereocenters. The summed E-state index contributed by atoms with van der Waals surface area (Å²) in [6.07, 6.45) is 0. The number of carbonyl (C=O) groups is 2. The number of ether oxygens (including phenoxy) is 2. The number of thiophene rings is 1. The van der Waals surface area contributed by atoms with E-state index in [1.54, 1.807) is 42.5 Å². The number of benzene rings is 2. The molecule has 0 fully saturated rings. The fourth-order valence-corrected chi connectivity index (χ4v) is 4.37. The monoisotopic (exact) mass is 484 g/mol. The van der Waals surface area contributed by atoms with Crippen LogP contribution in [0.4, 0.5) is 4.39 Å². The van der Waals surface area contributed by atoms with Crippen molar-refractivity contribution in [2.45, 2.75) is 38.9 Å². The fourth-order valence-electron chi connectivity index (χ4n) is 3.53. The molecule has 1 unspecified atom stereocenters. The van der Waals surface area contributed by atoms with E-state index in [4.69, 9.17) is 9.47 Å². The maximum Gasteiger partial charge on any atom is 0.255 e. The van der Waals surface area contributed by atoms with Crippen LogP contribution in [0.1, 0.15) is 47.6 Å². The summed E-state index contributed by atoms with van der Waals surface area (Å²) in [6, 6.07) is 13.7. The van der Waals surface area contributed by atoms with E-state index in [1.807, 2.05) is 32.2 Å². The molecule has 1 heterocycles. The second kappa shape index (κ2) is 10.7. The molecule has 0 bridgehead atoms. The van der Waals surface area contributed by atoms with Crippen molar-refractivity contribution in [2.75, 3.05) is 14.2 Å². The number of methoxy groups -OCH3 is 2. The molecular formula is C26H29FN2O4S. The van der Waals surface area contributed by atoms with E-state index in [2.05, 4.69) is 5.32 Å². The van der Waals surface area contributed by atoms with Gasteiger partial charge in [-0.2, -0.15) is 0 Å². The van der Waals surface area contributed by atoms with Gasteiger partial charge in [-0.15, -0.1) is 11.3 Å². The van der Waals surface area contributed by atoms with E-state index >= 15 is 0 Å². The van der Waals surface area contributed by atoms with Crippen LogP contribution in [0.25, 0.3) is 0 Å². The number of nitrogens with one attached hydrogen (secondary N) is 1. The van der Waals surface area contributed by atoms with Gasteiger partial charge >= 0.3 is 0 Å². The van der Waals surface area contributed by atoms with Crippen LogP contribution in [-0.2, 0) is 11.3 Å². The Morgan fingerprint density at radius 2 is 1.74 bits per heavy atom. The van der Waals surface area contributed by atoms with Crippen LogP contribution in [-0.4, -0.2) is 36.5 Å². The smallest absolute Gasteiger partial charge is 0.255 e. The van der Waals surface area contributed by atoms with Crippen LogP contribution in [0, 0.1) is 5.82 Å². The first-order valence-corrected chi connectivity index (χ1v) is 11.6. The fraction of sp³-hybridized carbons (Fsp3) is 0.308. The molecule has 8 heteroatoms. The number of halogens is 1. The van der Waals surface area contributed by atoms with Gasteiger partial charge in [-0.05, 0) is 56.5 Å². The van der Waals surface area contributed by atoms with Gasteiger partial charge in [-0.25, -0.2) is 4.39 Å². The summed E-state index contributed by atoms with van der Waals surface area (Å²) >= 11 is 1.36. The minimum absolute atomic E-state index is 0.0972. The summed E-state index contributed by atoms with van der Waals surface area (Å²) < 4.78 is 25.3. The molecule has 0 saturated carbocycles. The zero-order valence-electron chi connectivity index (χ0n) is 19.9. The molecule has 3 aromatic rings. The van der Waals surface area contributed by atoms with Gasteiger partial charge in [0.1, 0.15) is 11.9 Å². The van der Waals surface area contributed by atoms with Crippen molar-refractivity contribution in [3.05, 3.63) is 81.8 Å². The molecule has 0 radical (unpaired) electrons. The zero-order valence-corrected chi connectivity index (χ0v) is 20.7. The van der Waals surface area contributed by atoms with Crippen molar-refractivity contribution in [3.63, 3.8) is 0 Å². The molecule has 2 amide bonds. The highest BCUT2D eigenvalue weighted by molar-refractivity contribution is 7.10. The Labute approximate surface area is 203 Å². The maximum atomic E-state index is 14.6. The third kappa shape index (κ3) is 5.94. The van der Waals surface area contributed by atoms with Crippen molar-refractivity contribution in [3.8, 4) is 11.5 Å². The van der Waals surface area contributed by atoms with E-state index in [0.717, 1.165) is 0 Å². The summed E-state index contributed by atoms with van der Waals surface area (Å²) in [6.45, 7) is 5.51. The summed E-state index contributed by atoms with van der Waals surface area (Å²) in [5.41, 5.74) is 0.0726. The quantitative estimate of drug-likeness (QED) is 0.477. The third-order valence-electron chi connectivity index (χ3n) is 5.06. The Morgan fingerprint density at radius 3 is 2.32 bits per heavy atom. The van der Waals surface area contributed by atoms with E-state index in [0.29, 0.717) is 27.5 Å². The predicted octanol–water partition coefficient (Wildman–Crippen LogP) is 5.20. The third-order valence-corrected chi connectivity index (χ3v) is 5.99. The van der Waals surface area contributed by atoms with Gasteiger partial charge in [-0.1, -0.05) is 24.3 Å². The average Bonchev–Trinajstić information content (AvgIpc) is 3.32. The molecule has 34 heavy (non-hydrogen) atoms. The lowest BCUT2D eigenvalue weighted by Crippen LogP contribution is -2.49. The van der Waals surface area contributed by atoms with Gasteiger partial charge in [0.15, 0.2) is 11.5 Å². The summed E-state index contributed by atoms with van der Waals surface area (Å²) in [5, 5.41) is 4.81. The SMILES string of the molecule is COc1ccc(C(=O)N(Cc2ccccc2F)C(C(=O)NC(C)(C)C)c2cccs2)cc1OC. The number of rotatable bonds is 8. The number of carbonyl (C=O) groups excluding carboxylic acids is 2. The largest absolute Gasteiger partial charge is 0.493 e. The first-order chi connectivity index (χ1) is 16.1. The first kappa shape index (κ1) is 25.2. The molecule has 0 aliphatic rings. The molecule has 3 rings (SSSR count). The molecule has 180 valence electrons. The molecule has 0 aliphatic carbocycles. The molecule has 1 aromatic heterocycles. The molecule has 0 saturated heterocycles. The lowest BCUT2D eigenvalue weighted by molar-refractivity contribution is -0.127. The highest BCUT2D eigenvalue weighted by Crippen LogP contribution is 2.33. The molecule has 1 N–H and O–H groups in total. The van der Waals surface area contributed by atoms with Gasteiger partial charge in [0.25, 0.3) is 5.91 Å². The van der Waals surface area contributed by atoms with Crippen molar-refractivity contribution in [1.82, 2.24) is 10.2 Å². The minimum atomic E-state index is -0.959. The topological polar surface area (TPSA) is 67.9 Å². The Balaban J connectivity index is 2.12. The van der Waals surface area contributed by atoms with Crippen LogP contribution in [0.5, 0.6) is 11.5 Å². The Morgan fingerprint density at radius 1 is 1.03 bits per heavy atom. The predicted molar refractivity (Wildman–Crippen MR) is 131 cm³/mol. The van der Waals surface area contributed by atoms with Gasteiger partial charge in [0.2, 0.25) is 5.91 Å². The molecule has 2 aromatic carbocycles. The van der Waals surface area contributed by atoms with Crippen molar-refractivity contribution < 1.29 is 23.5 Å². The van der Waals surface area contributed by atoms with Gasteiger partial charge in [0.05, 0.1) is 20.8 Å². The Kier molecular flexibility index (Phi) is 7.94. The van der Waals surface area contributed by atoms with Crippen LogP contribution in [0.2, 0.25) is 0 Å². The standard InChI is InChI=1S/C26H29FN2O4S/c1-26(2,3)28-24(30)23(22-11-8-14-34-22)29(16-18-9-6-7-10-19(18)27)25(31)17-12-13-20(32-4)21(15-17)33-5/h6-15,23H,16H2,1-5H3,(H,28,30). The molecule has 0 aliphatic heterocycles. The second-order valence-corrected chi connectivity index (χ2v) is 9.73. The van der Waals surface area contributed by atoms with Gasteiger partial charge < -0.3 is 19.7 Å². The lowest BCUT2D eigenvalue weighted by Gasteiger charge is -2.33. The normalized spacial score (nSPS) is 12.1. The lowest BCUT2D eigenvalue weighted by atomic mass is 10.0. The van der Waals surface area contributed by atoms with Gasteiger partial charge in [-0.3, -0.25) is 9.59 Å². The minimum Gasteiger partial charge on any atom is -0.493 e. The summed E-state index contributed by atoms with van der Waals surface area (Å²) in [5.74, 6) is -0.383. The maximum absolute atomic E-state index is 14.6. The number of hydrogen-bond acceptors (Lipinski definition) is 5. The molecule has 6 nitrogen and oxygen atoms in total. The van der Waals surface area contributed by atoms with Crippen molar-refractivity contribution in [1.29, 1.82) is 0 Å². The average molecular weight is 485 g/mol. The number of hydrogen-bond donors (Lipinski definition) is 1. The zero-order chi connectivity index (χ0) is 24.9. The van der Waals surface area contributed by atoms with Gasteiger partial charge in [0, 0.05) is 21.5 Å². The van der Waals surface area contributed by atoms with E-state index < -0.39 is 23.3 Å². The van der Waals surface area contributed by atoms with Crippen LogP contribution >= 0.6 is 11.3 Å². The highest BCUT2D eigenvalue weighted by Gasteiger charge is 2.35. The molecule has 0 spiro atoms. The highest BCUT2D eigenvalue weighted by atomic mass is 32.1. The number of amides is 2. The van der Waals surface area contributed by atoms with E-state index in [9.17, 15) is 14.0 Å². The van der Waals surface area contributed by atoms with Crippen molar-refractivity contribution in [2.24, 2.45) is 0 Å². The molecular weight excluding hydrogens is 455 g/mol. The second-order valence-electron chi connectivity index (χ2n) is 8.75. The number of nitrogens with zero attached hydrogens (tertiary/aromatic N) is 1. The van der Waals surface area contributed by atoms with Crippen LogP contribution in [0.3, 0.4) is 0 Å². The van der Waals surface area contributed by atoms with E-state index in [-0.39, 0.29) is 12.5 Å². The Hall–Kier alpha value is -3.39. The van der Waals surface area contributed by atoms with Crippen LogP contribution in [0.15, 0.2) is 60.0 Å². The van der Waals surface area contributed by atoms with E-state index in [1.165, 1.54) is 36.5 Å². The Bertz CT molecular complexity index is 1140. The first-order valence-electron chi connectivity index (χ1n) is 10.8. The van der Waals surface area contributed by atoms with Crippen molar-refractivity contribution >= 4 is 23.2 Å².